The van der Waals surface area contributed by atoms with Crippen molar-refractivity contribution in [2.75, 3.05) is 0 Å². The highest BCUT2D eigenvalue weighted by atomic mass is 16.1. The summed E-state index contributed by atoms with van der Waals surface area (Å²) in [6.07, 6.45) is 9.47. The molecule has 26 heavy (non-hydrogen) atoms. The Morgan fingerprint density at radius 3 is 2.88 bits per heavy atom. The average Bonchev–Trinajstić information content (AvgIpc) is 3.05. The number of carbonyl (C=O) groups excluding carboxylic acids is 1. The summed E-state index contributed by atoms with van der Waals surface area (Å²) >= 11 is 0. The molecule has 0 radical (unpaired) electrons. The summed E-state index contributed by atoms with van der Waals surface area (Å²) in [5.41, 5.74) is 5.54. The SMILES string of the molecule is CCC(CC)NC(=O)CC1C=C2c3cccc4[nH]cc(c34)CC2C(C)C1. The van der Waals surface area contributed by atoms with Gasteiger partial charge in [0.1, 0.15) is 0 Å². The Morgan fingerprint density at radius 2 is 2.12 bits per heavy atom. The first-order valence-electron chi connectivity index (χ1n) is 10.2. The first kappa shape index (κ1) is 17.4. The number of allylic oxidation sites excluding steroid dienone is 2. The monoisotopic (exact) mass is 350 g/mol. The third kappa shape index (κ3) is 2.98. The van der Waals surface area contributed by atoms with E-state index in [1.54, 1.807) is 0 Å². The van der Waals surface area contributed by atoms with Crippen LogP contribution in [0.2, 0.25) is 0 Å². The first-order valence-corrected chi connectivity index (χ1v) is 10.2. The van der Waals surface area contributed by atoms with Gasteiger partial charge in [-0.15, -0.1) is 0 Å². The van der Waals surface area contributed by atoms with Crippen LogP contribution < -0.4 is 5.32 Å². The number of aromatic nitrogens is 1. The number of amides is 1. The predicted octanol–water partition coefficient (Wildman–Crippen LogP) is 5.07. The average molecular weight is 351 g/mol. The van der Waals surface area contributed by atoms with Gasteiger partial charge in [0.25, 0.3) is 0 Å². The number of hydrogen-bond donors (Lipinski definition) is 2. The number of benzene rings is 1. The van der Waals surface area contributed by atoms with Gasteiger partial charge in [0.2, 0.25) is 5.91 Å². The normalized spacial score (nSPS) is 24.5. The molecule has 0 bridgehead atoms. The van der Waals surface area contributed by atoms with Gasteiger partial charge in [0, 0.05) is 29.6 Å². The molecule has 1 aromatic carbocycles. The van der Waals surface area contributed by atoms with Gasteiger partial charge in [0.15, 0.2) is 0 Å². The van der Waals surface area contributed by atoms with Gasteiger partial charge in [-0.1, -0.05) is 39.0 Å². The van der Waals surface area contributed by atoms with Crippen molar-refractivity contribution in [3.05, 3.63) is 41.6 Å². The second kappa shape index (κ2) is 6.94. The second-order valence-electron chi connectivity index (χ2n) is 8.23. The summed E-state index contributed by atoms with van der Waals surface area (Å²) in [6, 6.07) is 6.89. The Labute approximate surface area is 156 Å². The van der Waals surface area contributed by atoms with Crippen LogP contribution in [0.4, 0.5) is 0 Å². The summed E-state index contributed by atoms with van der Waals surface area (Å²) in [5, 5.41) is 4.60. The van der Waals surface area contributed by atoms with Gasteiger partial charge in [-0.25, -0.2) is 0 Å². The summed E-state index contributed by atoms with van der Waals surface area (Å²) in [5.74, 6) is 1.76. The van der Waals surface area contributed by atoms with Crippen LogP contribution in [-0.2, 0) is 11.2 Å². The van der Waals surface area contributed by atoms with Crippen molar-refractivity contribution in [3.63, 3.8) is 0 Å². The molecule has 3 unspecified atom stereocenters. The molecule has 2 aromatic rings. The Balaban J connectivity index is 1.61. The van der Waals surface area contributed by atoms with Gasteiger partial charge >= 0.3 is 0 Å². The molecule has 3 atom stereocenters. The molecule has 2 aliphatic rings. The minimum atomic E-state index is 0.211. The van der Waals surface area contributed by atoms with Gasteiger partial charge in [-0.3, -0.25) is 4.79 Å². The predicted molar refractivity (Wildman–Crippen MR) is 108 cm³/mol. The zero-order valence-corrected chi connectivity index (χ0v) is 16.1. The maximum absolute atomic E-state index is 12.5. The van der Waals surface area contributed by atoms with Crippen LogP contribution >= 0.6 is 0 Å². The smallest absolute Gasteiger partial charge is 0.220 e. The fourth-order valence-corrected chi connectivity index (χ4v) is 5.05. The van der Waals surface area contributed by atoms with Crippen LogP contribution in [0.15, 0.2) is 30.5 Å². The first-order chi connectivity index (χ1) is 12.6. The van der Waals surface area contributed by atoms with Gasteiger partial charge in [0.05, 0.1) is 0 Å². The molecule has 2 N–H and O–H groups in total. The molecule has 138 valence electrons. The van der Waals surface area contributed by atoms with Crippen molar-refractivity contribution in [3.8, 4) is 0 Å². The van der Waals surface area contributed by atoms with E-state index < -0.39 is 0 Å². The number of H-pyrrole nitrogens is 1. The molecule has 0 saturated carbocycles. The van der Waals surface area contributed by atoms with E-state index >= 15 is 0 Å². The quantitative estimate of drug-likeness (QED) is 0.776. The number of carbonyl (C=O) groups is 1. The zero-order chi connectivity index (χ0) is 18.3. The molecule has 1 amide bonds. The van der Waals surface area contributed by atoms with E-state index in [-0.39, 0.29) is 5.91 Å². The summed E-state index contributed by atoms with van der Waals surface area (Å²) < 4.78 is 0. The van der Waals surface area contributed by atoms with Crippen molar-refractivity contribution in [2.24, 2.45) is 17.8 Å². The van der Waals surface area contributed by atoms with Crippen LogP contribution in [0, 0.1) is 17.8 Å². The lowest BCUT2D eigenvalue weighted by atomic mass is 9.67. The van der Waals surface area contributed by atoms with E-state index in [0.29, 0.717) is 30.2 Å². The standard InChI is InChI=1S/C23H30N2O/c1-4-17(5-2)25-22(26)11-15-9-14(3)19-12-16-13-24-21-8-6-7-18(23(16)21)20(19)10-15/h6-8,10,13-15,17,19,24H,4-5,9,11-12H2,1-3H3,(H,25,26). The summed E-state index contributed by atoms with van der Waals surface area (Å²) in [4.78, 5) is 15.9. The molecule has 0 spiro atoms. The van der Waals surface area contributed by atoms with Crippen LogP contribution in [0.5, 0.6) is 0 Å². The molecule has 0 aliphatic heterocycles. The van der Waals surface area contributed by atoms with Crippen molar-refractivity contribution in [1.82, 2.24) is 10.3 Å². The number of fused-ring (bicyclic) bond motifs is 2. The number of aromatic amines is 1. The van der Waals surface area contributed by atoms with Gasteiger partial charge < -0.3 is 10.3 Å². The van der Waals surface area contributed by atoms with Crippen molar-refractivity contribution >= 4 is 22.4 Å². The maximum Gasteiger partial charge on any atom is 0.220 e. The van der Waals surface area contributed by atoms with Crippen LogP contribution in [-0.4, -0.2) is 16.9 Å². The van der Waals surface area contributed by atoms with Crippen molar-refractivity contribution in [1.29, 1.82) is 0 Å². The lowest BCUT2D eigenvalue weighted by Crippen LogP contribution is -2.36. The Kier molecular flexibility index (Phi) is 4.64. The molecule has 0 saturated heterocycles. The topological polar surface area (TPSA) is 44.9 Å². The van der Waals surface area contributed by atoms with Crippen LogP contribution in [0.3, 0.4) is 0 Å². The minimum Gasteiger partial charge on any atom is -0.361 e. The second-order valence-corrected chi connectivity index (χ2v) is 8.23. The largest absolute Gasteiger partial charge is 0.361 e. The minimum absolute atomic E-state index is 0.211. The van der Waals surface area contributed by atoms with E-state index in [1.807, 2.05) is 0 Å². The number of hydrogen-bond acceptors (Lipinski definition) is 1. The molecular weight excluding hydrogens is 320 g/mol. The highest BCUT2D eigenvalue weighted by Gasteiger charge is 2.35. The highest BCUT2D eigenvalue weighted by molar-refractivity contribution is 5.97. The molecule has 1 heterocycles. The zero-order valence-electron chi connectivity index (χ0n) is 16.1. The fraction of sp³-hybridized carbons (Fsp3) is 0.522. The summed E-state index contributed by atoms with van der Waals surface area (Å²) in [7, 11) is 0. The van der Waals surface area contributed by atoms with E-state index in [2.05, 4.69) is 61.5 Å². The third-order valence-corrected chi connectivity index (χ3v) is 6.51. The van der Waals surface area contributed by atoms with E-state index in [1.165, 1.54) is 27.6 Å². The molecule has 0 fully saturated rings. The lowest BCUT2D eigenvalue weighted by molar-refractivity contribution is -0.122. The number of nitrogens with one attached hydrogen (secondary N) is 2. The molecule has 3 nitrogen and oxygen atoms in total. The Bertz CT molecular complexity index is 843. The Hall–Kier alpha value is -2.03. The highest BCUT2D eigenvalue weighted by Crippen LogP contribution is 2.47. The fourth-order valence-electron chi connectivity index (χ4n) is 5.05. The molecule has 4 rings (SSSR count). The lowest BCUT2D eigenvalue weighted by Gasteiger charge is -2.37. The third-order valence-electron chi connectivity index (χ3n) is 6.51. The molecule has 3 heteroatoms. The molecular formula is C23H30N2O. The van der Waals surface area contributed by atoms with E-state index in [9.17, 15) is 4.79 Å². The van der Waals surface area contributed by atoms with E-state index in [0.717, 1.165) is 25.7 Å². The van der Waals surface area contributed by atoms with Crippen LogP contribution in [0.25, 0.3) is 16.5 Å². The van der Waals surface area contributed by atoms with Crippen molar-refractivity contribution in [2.45, 2.75) is 58.9 Å². The maximum atomic E-state index is 12.5. The molecule has 2 aliphatic carbocycles. The summed E-state index contributed by atoms with van der Waals surface area (Å²) in [6.45, 7) is 6.64. The van der Waals surface area contributed by atoms with Gasteiger partial charge in [-0.2, -0.15) is 0 Å². The Morgan fingerprint density at radius 1 is 1.31 bits per heavy atom. The van der Waals surface area contributed by atoms with Gasteiger partial charge in [-0.05, 0) is 66.2 Å². The van der Waals surface area contributed by atoms with Crippen molar-refractivity contribution < 1.29 is 4.79 Å². The molecule has 1 aromatic heterocycles. The number of rotatable bonds is 5. The van der Waals surface area contributed by atoms with Crippen LogP contribution in [0.1, 0.15) is 57.6 Å². The van der Waals surface area contributed by atoms with E-state index in [4.69, 9.17) is 0 Å².